The standard InChI is InChI=1S/C6H3Br2FS/c7-3-1-2-4(9)6(10)5(3)8/h1-2,10H. The summed E-state index contributed by atoms with van der Waals surface area (Å²) in [7, 11) is 0. The first-order chi connectivity index (χ1) is 4.63. The molecule has 0 bridgehead atoms. The van der Waals surface area contributed by atoms with E-state index in [1.165, 1.54) is 6.07 Å². The molecular formula is C6H3Br2FS. The van der Waals surface area contributed by atoms with Crippen molar-refractivity contribution in [3.63, 3.8) is 0 Å². The molecule has 0 aromatic heterocycles. The van der Waals surface area contributed by atoms with Crippen LogP contribution >= 0.6 is 44.5 Å². The number of hydrogen-bond donors (Lipinski definition) is 1. The molecule has 0 saturated heterocycles. The van der Waals surface area contributed by atoms with Gasteiger partial charge in [-0.25, -0.2) is 4.39 Å². The van der Waals surface area contributed by atoms with Crippen molar-refractivity contribution in [2.75, 3.05) is 0 Å². The minimum absolute atomic E-state index is 0.321. The molecule has 0 nitrogen and oxygen atoms in total. The van der Waals surface area contributed by atoms with Gasteiger partial charge in [0.1, 0.15) is 5.82 Å². The normalized spacial score (nSPS) is 10.0. The molecule has 0 heterocycles. The first kappa shape index (κ1) is 8.56. The number of benzene rings is 1. The van der Waals surface area contributed by atoms with Crippen LogP contribution in [0.3, 0.4) is 0 Å². The average Bonchev–Trinajstić information content (AvgIpc) is 1.93. The van der Waals surface area contributed by atoms with Crippen LogP contribution in [-0.4, -0.2) is 0 Å². The zero-order valence-corrected chi connectivity index (χ0v) is 8.80. The Kier molecular flexibility index (Phi) is 2.77. The van der Waals surface area contributed by atoms with Crippen LogP contribution in [0, 0.1) is 5.82 Å². The summed E-state index contributed by atoms with van der Waals surface area (Å²) in [6.07, 6.45) is 0. The van der Waals surface area contributed by atoms with E-state index in [1.807, 2.05) is 0 Å². The van der Waals surface area contributed by atoms with E-state index in [0.717, 1.165) is 4.47 Å². The van der Waals surface area contributed by atoms with E-state index in [4.69, 9.17) is 0 Å². The van der Waals surface area contributed by atoms with Gasteiger partial charge in [0.25, 0.3) is 0 Å². The second kappa shape index (κ2) is 3.24. The molecule has 1 aromatic carbocycles. The Morgan fingerprint density at radius 3 is 2.40 bits per heavy atom. The molecule has 0 spiro atoms. The number of thiol groups is 1. The topological polar surface area (TPSA) is 0 Å². The van der Waals surface area contributed by atoms with E-state index in [9.17, 15) is 4.39 Å². The minimum Gasteiger partial charge on any atom is -0.206 e. The van der Waals surface area contributed by atoms with Gasteiger partial charge in [-0.1, -0.05) is 0 Å². The highest BCUT2D eigenvalue weighted by Crippen LogP contribution is 2.30. The van der Waals surface area contributed by atoms with Crippen LogP contribution < -0.4 is 0 Å². The van der Waals surface area contributed by atoms with Crippen molar-refractivity contribution < 1.29 is 4.39 Å². The van der Waals surface area contributed by atoms with Gasteiger partial charge in [0.05, 0.1) is 4.90 Å². The highest BCUT2D eigenvalue weighted by Gasteiger charge is 2.04. The van der Waals surface area contributed by atoms with E-state index in [0.29, 0.717) is 9.37 Å². The third kappa shape index (κ3) is 1.54. The summed E-state index contributed by atoms with van der Waals surface area (Å²) < 4.78 is 14.1. The van der Waals surface area contributed by atoms with Gasteiger partial charge in [0.15, 0.2) is 0 Å². The summed E-state index contributed by atoms with van der Waals surface area (Å²) >= 11 is 10.3. The van der Waals surface area contributed by atoms with Crippen LogP contribution in [0.2, 0.25) is 0 Å². The van der Waals surface area contributed by atoms with E-state index >= 15 is 0 Å². The lowest BCUT2D eigenvalue weighted by molar-refractivity contribution is 0.600. The molecule has 0 saturated carbocycles. The van der Waals surface area contributed by atoms with Gasteiger partial charge in [-0.05, 0) is 44.0 Å². The van der Waals surface area contributed by atoms with E-state index in [-0.39, 0.29) is 5.82 Å². The molecular weight excluding hydrogens is 283 g/mol. The Hall–Kier alpha value is 0.460. The van der Waals surface area contributed by atoms with E-state index in [2.05, 4.69) is 44.5 Å². The van der Waals surface area contributed by atoms with Gasteiger partial charge in [-0.3, -0.25) is 0 Å². The molecule has 0 aliphatic rings. The Morgan fingerprint density at radius 2 is 1.90 bits per heavy atom. The minimum atomic E-state index is -0.321. The molecule has 54 valence electrons. The fourth-order valence-corrected chi connectivity index (χ4v) is 1.52. The molecule has 0 fully saturated rings. The second-order valence-corrected chi connectivity index (χ2v) is 3.79. The lowest BCUT2D eigenvalue weighted by Crippen LogP contribution is -1.79. The molecule has 0 amide bonds. The largest absolute Gasteiger partial charge is 0.206 e. The molecule has 0 aliphatic carbocycles. The van der Waals surface area contributed by atoms with E-state index in [1.54, 1.807) is 6.07 Å². The fourth-order valence-electron chi connectivity index (χ4n) is 0.516. The third-order valence-corrected chi connectivity index (χ3v) is 3.78. The fraction of sp³-hybridized carbons (Fsp3) is 0. The van der Waals surface area contributed by atoms with Crippen LogP contribution in [0.25, 0.3) is 0 Å². The van der Waals surface area contributed by atoms with Gasteiger partial charge < -0.3 is 0 Å². The molecule has 0 aliphatic heterocycles. The van der Waals surface area contributed by atoms with Gasteiger partial charge in [-0.2, -0.15) is 0 Å². The van der Waals surface area contributed by atoms with Crippen molar-refractivity contribution in [1.82, 2.24) is 0 Å². The first-order valence-electron chi connectivity index (χ1n) is 2.45. The van der Waals surface area contributed by atoms with Crippen molar-refractivity contribution in [1.29, 1.82) is 0 Å². The lowest BCUT2D eigenvalue weighted by Gasteiger charge is -1.99. The summed E-state index contributed by atoms with van der Waals surface area (Å²) in [6, 6.07) is 2.98. The van der Waals surface area contributed by atoms with Crippen molar-refractivity contribution in [2.45, 2.75) is 4.90 Å². The maximum Gasteiger partial charge on any atom is 0.137 e. The highest BCUT2D eigenvalue weighted by molar-refractivity contribution is 9.13. The molecule has 4 heteroatoms. The third-order valence-electron chi connectivity index (χ3n) is 1.02. The predicted octanol–water partition coefficient (Wildman–Crippen LogP) is 3.64. The molecule has 1 aromatic rings. The first-order valence-corrected chi connectivity index (χ1v) is 4.48. The summed E-state index contributed by atoms with van der Waals surface area (Å²) in [5.74, 6) is -0.321. The van der Waals surface area contributed by atoms with Crippen LogP contribution in [0.15, 0.2) is 26.0 Å². The Morgan fingerprint density at radius 1 is 1.30 bits per heavy atom. The molecule has 10 heavy (non-hydrogen) atoms. The van der Waals surface area contributed by atoms with Crippen molar-refractivity contribution in [3.05, 3.63) is 26.9 Å². The second-order valence-electron chi connectivity index (χ2n) is 1.69. The molecule has 0 radical (unpaired) electrons. The number of hydrogen-bond acceptors (Lipinski definition) is 1. The van der Waals surface area contributed by atoms with Gasteiger partial charge in [0.2, 0.25) is 0 Å². The molecule has 0 unspecified atom stereocenters. The SMILES string of the molecule is Fc1ccc(Br)c(Br)c1S. The summed E-state index contributed by atoms with van der Waals surface area (Å²) in [5.41, 5.74) is 0. The maximum atomic E-state index is 12.6. The summed E-state index contributed by atoms with van der Waals surface area (Å²) in [5, 5.41) is 0. The average molecular weight is 286 g/mol. The van der Waals surface area contributed by atoms with Crippen LogP contribution in [0.1, 0.15) is 0 Å². The Bertz CT molecular complexity index is 235. The summed E-state index contributed by atoms with van der Waals surface area (Å²) in [6.45, 7) is 0. The van der Waals surface area contributed by atoms with Crippen molar-refractivity contribution >= 4 is 44.5 Å². The quantitative estimate of drug-likeness (QED) is 0.546. The monoisotopic (exact) mass is 284 g/mol. The lowest BCUT2D eigenvalue weighted by atomic mass is 10.3. The zero-order chi connectivity index (χ0) is 7.72. The van der Waals surface area contributed by atoms with E-state index < -0.39 is 0 Å². The van der Waals surface area contributed by atoms with Crippen LogP contribution in [0.5, 0.6) is 0 Å². The molecule has 0 N–H and O–H groups in total. The molecule has 0 atom stereocenters. The van der Waals surface area contributed by atoms with Gasteiger partial charge in [0, 0.05) is 8.95 Å². The highest BCUT2D eigenvalue weighted by atomic mass is 79.9. The van der Waals surface area contributed by atoms with Gasteiger partial charge in [-0.15, -0.1) is 12.6 Å². The molecule has 1 rings (SSSR count). The van der Waals surface area contributed by atoms with Crippen LogP contribution in [-0.2, 0) is 0 Å². The predicted molar refractivity (Wildman–Crippen MR) is 49.1 cm³/mol. The zero-order valence-electron chi connectivity index (χ0n) is 4.74. The Labute approximate surface area is 80.5 Å². The maximum absolute atomic E-state index is 12.6. The van der Waals surface area contributed by atoms with Crippen molar-refractivity contribution in [2.24, 2.45) is 0 Å². The van der Waals surface area contributed by atoms with Gasteiger partial charge >= 0.3 is 0 Å². The van der Waals surface area contributed by atoms with Crippen molar-refractivity contribution in [3.8, 4) is 0 Å². The van der Waals surface area contributed by atoms with Crippen LogP contribution in [0.4, 0.5) is 4.39 Å². The number of halogens is 3. The smallest absolute Gasteiger partial charge is 0.137 e. The Balaban J connectivity index is 3.34. The number of rotatable bonds is 0. The summed E-state index contributed by atoms with van der Waals surface area (Å²) in [4.78, 5) is 0.328.